The normalized spacial score (nSPS) is 32.6. The number of rotatable bonds is 6. The fraction of sp³-hybridized carbons (Fsp3) is 0.478. The summed E-state index contributed by atoms with van der Waals surface area (Å²) < 4.78 is 0. The van der Waals surface area contributed by atoms with Crippen molar-refractivity contribution in [3.8, 4) is 0 Å². The molecule has 1 aromatic rings. The van der Waals surface area contributed by atoms with Crippen molar-refractivity contribution in [3.05, 3.63) is 65.8 Å². The lowest BCUT2D eigenvalue weighted by Crippen LogP contribution is -2.34. The third-order valence-corrected chi connectivity index (χ3v) is 6.40. The molecule has 0 saturated heterocycles. The number of benzene rings is 1. The van der Waals surface area contributed by atoms with E-state index in [2.05, 4.69) is 87.8 Å². The van der Waals surface area contributed by atoms with Gasteiger partial charge in [0.2, 0.25) is 0 Å². The fourth-order valence-corrected chi connectivity index (χ4v) is 4.42. The number of allylic oxidation sites excluding steroid dienone is 6. The van der Waals surface area contributed by atoms with E-state index in [4.69, 9.17) is 0 Å². The number of nitrogens with one attached hydrogen (secondary N) is 1. The second kappa shape index (κ2) is 6.72. The minimum Gasteiger partial charge on any atom is -0.314 e. The Kier molecular flexibility index (Phi) is 4.83. The van der Waals surface area contributed by atoms with E-state index in [0.717, 1.165) is 19.3 Å². The van der Waals surface area contributed by atoms with Gasteiger partial charge < -0.3 is 5.32 Å². The molecule has 24 heavy (non-hydrogen) atoms. The molecule has 1 N–H and O–H groups in total. The van der Waals surface area contributed by atoms with Crippen molar-refractivity contribution in [1.82, 2.24) is 5.32 Å². The van der Waals surface area contributed by atoms with Gasteiger partial charge in [-0.1, -0.05) is 74.1 Å². The van der Waals surface area contributed by atoms with Crippen LogP contribution in [0, 0.1) is 11.3 Å². The number of hydrogen-bond acceptors (Lipinski definition) is 1. The summed E-state index contributed by atoms with van der Waals surface area (Å²) in [7, 11) is 2.11. The molecule has 1 saturated carbocycles. The highest BCUT2D eigenvalue weighted by molar-refractivity contribution is 5.76. The zero-order chi connectivity index (χ0) is 17.2. The van der Waals surface area contributed by atoms with E-state index in [-0.39, 0.29) is 5.54 Å². The molecular weight excluding hydrogens is 290 g/mol. The van der Waals surface area contributed by atoms with E-state index < -0.39 is 0 Å². The van der Waals surface area contributed by atoms with Gasteiger partial charge in [0.1, 0.15) is 0 Å². The van der Waals surface area contributed by atoms with Crippen LogP contribution in [0.2, 0.25) is 0 Å². The Labute approximate surface area is 147 Å². The van der Waals surface area contributed by atoms with Gasteiger partial charge in [0.25, 0.3) is 0 Å². The van der Waals surface area contributed by atoms with E-state index >= 15 is 0 Å². The lowest BCUT2D eigenvalue weighted by molar-refractivity contribution is 0.312. The molecule has 1 aromatic carbocycles. The molecule has 0 aliphatic heterocycles. The summed E-state index contributed by atoms with van der Waals surface area (Å²) in [6.45, 7) is 7.05. The topological polar surface area (TPSA) is 12.0 Å². The zero-order valence-electron chi connectivity index (χ0n) is 15.6. The third-order valence-electron chi connectivity index (χ3n) is 6.40. The minimum absolute atomic E-state index is 0.281. The summed E-state index contributed by atoms with van der Waals surface area (Å²) in [6, 6.07) is 10.8. The molecule has 2 aliphatic carbocycles. The Morgan fingerprint density at radius 3 is 2.54 bits per heavy atom. The van der Waals surface area contributed by atoms with E-state index in [0.29, 0.717) is 11.3 Å². The van der Waals surface area contributed by atoms with Crippen LogP contribution < -0.4 is 5.32 Å². The molecule has 1 fully saturated rings. The molecule has 0 amide bonds. The van der Waals surface area contributed by atoms with E-state index in [1.54, 1.807) is 5.57 Å². The van der Waals surface area contributed by atoms with E-state index in [1.807, 2.05) is 0 Å². The molecule has 3 unspecified atom stereocenters. The highest BCUT2D eigenvalue weighted by atomic mass is 15.0. The standard InChI is InChI=1S/C23H31N/c1-5-6-8-13-20-16-19(18-11-9-7-10-12-18)14-15-21(20)22(2)17-23(22,3)24-4/h6-12,14,16,21,24H,5,13,15,17H2,1-4H3/b8-6-. The van der Waals surface area contributed by atoms with E-state index in [1.165, 1.54) is 17.6 Å². The fourth-order valence-electron chi connectivity index (χ4n) is 4.42. The Morgan fingerprint density at radius 2 is 1.92 bits per heavy atom. The maximum absolute atomic E-state index is 3.57. The van der Waals surface area contributed by atoms with Crippen molar-refractivity contribution >= 4 is 5.57 Å². The van der Waals surface area contributed by atoms with Crippen LogP contribution in [0.5, 0.6) is 0 Å². The first-order chi connectivity index (χ1) is 11.5. The second-order valence-corrected chi connectivity index (χ2v) is 7.79. The van der Waals surface area contributed by atoms with E-state index in [9.17, 15) is 0 Å². The Hall–Kier alpha value is -1.60. The third kappa shape index (κ3) is 3.02. The van der Waals surface area contributed by atoms with Crippen molar-refractivity contribution in [1.29, 1.82) is 0 Å². The number of hydrogen-bond donors (Lipinski definition) is 1. The summed E-state index contributed by atoms with van der Waals surface area (Å²) in [5, 5.41) is 3.57. The molecule has 0 aromatic heterocycles. The molecular formula is C23H31N. The monoisotopic (exact) mass is 321 g/mol. The maximum atomic E-state index is 3.57. The minimum atomic E-state index is 0.281. The average Bonchev–Trinajstić information content (AvgIpc) is 3.19. The van der Waals surface area contributed by atoms with Crippen LogP contribution in [0.25, 0.3) is 5.57 Å². The molecule has 0 spiro atoms. The van der Waals surface area contributed by atoms with Gasteiger partial charge >= 0.3 is 0 Å². The smallest absolute Gasteiger partial charge is 0.0216 e. The second-order valence-electron chi connectivity index (χ2n) is 7.79. The molecule has 0 radical (unpaired) electrons. The first kappa shape index (κ1) is 17.2. The molecule has 2 aliphatic rings. The molecule has 0 bridgehead atoms. The quantitative estimate of drug-likeness (QED) is 0.657. The van der Waals surface area contributed by atoms with Crippen molar-refractivity contribution in [2.45, 2.75) is 52.0 Å². The van der Waals surface area contributed by atoms with Gasteiger partial charge in [0, 0.05) is 5.54 Å². The van der Waals surface area contributed by atoms with Gasteiger partial charge in [0.15, 0.2) is 0 Å². The summed E-state index contributed by atoms with van der Waals surface area (Å²) in [5.74, 6) is 0.643. The predicted octanol–water partition coefficient (Wildman–Crippen LogP) is 5.76. The molecule has 1 heteroatoms. The first-order valence-electron chi connectivity index (χ1n) is 9.34. The molecule has 128 valence electrons. The van der Waals surface area contributed by atoms with Crippen LogP contribution in [-0.4, -0.2) is 12.6 Å². The van der Waals surface area contributed by atoms with Gasteiger partial charge in [-0.15, -0.1) is 0 Å². The summed E-state index contributed by atoms with van der Waals surface area (Å²) >= 11 is 0. The lowest BCUT2D eigenvalue weighted by atomic mass is 9.74. The van der Waals surface area contributed by atoms with Gasteiger partial charge in [0.05, 0.1) is 0 Å². The van der Waals surface area contributed by atoms with Crippen LogP contribution in [0.4, 0.5) is 0 Å². The molecule has 0 heterocycles. The SMILES string of the molecule is CC/C=C\CC1=CC(c2ccccc2)=CCC1C1(C)CC1(C)NC. The Balaban J connectivity index is 1.88. The Bertz CT molecular complexity index is 667. The molecule has 3 atom stereocenters. The summed E-state index contributed by atoms with van der Waals surface area (Å²) in [4.78, 5) is 0. The summed E-state index contributed by atoms with van der Waals surface area (Å²) in [5.41, 5.74) is 4.98. The van der Waals surface area contributed by atoms with Gasteiger partial charge in [-0.05, 0) is 62.1 Å². The van der Waals surface area contributed by atoms with Crippen LogP contribution in [-0.2, 0) is 0 Å². The largest absolute Gasteiger partial charge is 0.314 e. The van der Waals surface area contributed by atoms with Gasteiger partial charge in [-0.25, -0.2) is 0 Å². The lowest BCUT2D eigenvalue weighted by Gasteiger charge is -2.32. The van der Waals surface area contributed by atoms with Gasteiger partial charge in [-0.2, -0.15) is 0 Å². The van der Waals surface area contributed by atoms with Crippen molar-refractivity contribution in [2.75, 3.05) is 7.05 Å². The van der Waals surface area contributed by atoms with Crippen molar-refractivity contribution < 1.29 is 0 Å². The van der Waals surface area contributed by atoms with Crippen LogP contribution in [0.1, 0.15) is 52.0 Å². The Morgan fingerprint density at radius 1 is 1.17 bits per heavy atom. The zero-order valence-corrected chi connectivity index (χ0v) is 15.6. The maximum Gasteiger partial charge on any atom is 0.0216 e. The highest BCUT2D eigenvalue weighted by Crippen LogP contribution is 2.64. The summed E-state index contributed by atoms with van der Waals surface area (Å²) in [6.07, 6.45) is 14.2. The predicted molar refractivity (Wildman–Crippen MR) is 105 cm³/mol. The first-order valence-corrected chi connectivity index (χ1v) is 9.34. The molecule has 3 rings (SSSR count). The van der Waals surface area contributed by atoms with Gasteiger partial charge in [-0.3, -0.25) is 0 Å². The van der Waals surface area contributed by atoms with Crippen molar-refractivity contribution in [2.24, 2.45) is 11.3 Å². The van der Waals surface area contributed by atoms with Crippen LogP contribution in [0.3, 0.4) is 0 Å². The highest BCUT2D eigenvalue weighted by Gasteiger charge is 2.64. The van der Waals surface area contributed by atoms with Crippen molar-refractivity contribution in [3.63, 3.8) is 0 Å². The average molecular weight is 322 g/mol. The van der Waals surface area contributed by atoms with Crippen LogP contribution in [0.15, 0.2) is 60.2 Å². The van der Waals surface area contributed by atoms with Crippen LogP contribution >= 0.6 is 0 Å². The molecule has 1 nitrogen and oxygen atoms in total.